The molecule has 1 spiro atoms. The van der Waals surface area contributed by atoms with E-state index >= 15 is 0 Å². The van der Waals surface area contributed by atoms with Crippen LogP contribution in [0.25, 0.3) is 6.08 Å². The number of likely N-dealkylation sites (tertiary alicyclic amines) is 2. The third-order valence-corrected chi connectivity index (χ3v) is 7.70. The number of ether oxygens (including phenoxy) is 1. The van der Waals surface area contributed by atoms with E-state index in [9.17, 15) is 14.4 Å². The Balaban J connectivity index is 1.34. The number of nitrogens with zero attached hydrogens (tertiary/aromatic N) is 2. The summed E-state index contributed by atoms with van der Waals surface area (Å²) in [5, 5.41) is 6.78. The van der Waals surface area contributed by atoms with Crippen molar-refractivity contribution in [3.05, 3.63) is 64.4 Å². The van der Waals surface area contributed by atoms with E-state index in [0.29, 0.717) is 32.6 Å². The third kappa shape index (κ3) is 6.51. The summed E-state index contributed by atoms with van der Waals surface area (Å²) in [5.41, 5.74) is 2.06. The van der Waals surface area contributed by atoms with Crippen LogP contribution in [0.1, 0.15) is 37.3 Å². The minimum atomic E-state index is -0.671. The second-order valence-corrected chi connectivity index (χ2v) is 10.1. The van der Waals surface area contributed by atoms with Crippen molar-refractivity contribution in [1.82, 2.24) is 15.1 Å². The summed E-state index contributed by atoms with van der Waals surface area (Å²) >= 11 is 1.61. The molecule has 2 aliphatic rings. The number of amides is 3. The number of carbonyl (C=O) groups excluding carboxylic acids is 3. The van der Waals surface area contributed by atoms with Crippen LogP contribution in [-0.4, -0.2) is 66.5 Å². The first-order valence-electron chi connectivity index (χ1n) is 12.2. The van der Waals surface area contributed by atoms with Crippen LogP contribution in [0.2, 0.25) is 0 Å². The van der Waals surface area contributed by atoms with Crippen molar-refractivity contribution in [1.29, 1.82) is 0 Å². The van der Waals surface area contributed by atoms with E-state index in [1.807, 2.05) is 63.0 Å². The second kappa shape index (κ2) is 11.5. The van der Waals surface area contributed by atoms with Gasteiger partial charge in [0.15, 0.2) is 0 Å². The quantitative estimate of drug-likeness (QED) is 0.590. The molecular formula is C27H33N3O4S. The summed E-state index contributed by atoms with van der Waals surface area (Å²) < 4.78 is 5.05. The second-order valence-electron chi connectivity index (χ2n) is 9.33. The molecule has 2 aliphatic heterocycles. The Bertz CT molecular complexity index is 1030. The van der Waals surface area contributed by atoms with Gasteiger partial charge in [-0.15, -0.1) is 0 Å². The molecule has 0 aliphatic carbocycles. The Morgan fingerprint density at radius 2 is 1.80 bits per heavy atom. The van der Waals surface area contributed by atoms with Crippen molar-refractivity contribution >= 4 is 35.3 Å². The maximum absolute atomic E-state index is 13.5. The Hall–Kier alpha value is -3.13. The number of hydrogen-bond donors (Lipinski definition) is 1. The Labute approximate surface area is 210 Å². The molecule has 4 rings (SSSR count). The van der Waals surface area contributed by atoms with E-state index in [4.69, 9.17) is 4.74 Å². The van der Waals surface area contributed by atoms with Crippen molar-refractivity contribution in [3.8, 4) is 0 Å². The van der Waals surface area contributed by atoms with Gasteiger partial charge in [-0.25, -0.2) is 4.79 Å². The highest BCUT2D eigenvalue weighted by molar-refractivity contribution is 7.08. The molecule has 3 heterocycles. The summed E-state index contributed by atoms with van der Waals surface area (Å²) in [6.07, 6.45) is 6.04. The first kappa shape index (κ1) is 25.0. The number of alkyl carbamates (subject to hydrolysis) is 1. The van der Waals surface area contributed by atoms with Gasteiger partial charge >= 0.3 is 6.09 Å². The van der Waals surface area contributed by atoms with Crippen LogP contribution in [0.4, 0.5) is 4.79 Å². The van der Waals surface area contributed by atoms with E-state index in [1.165, 1.54) is 0 Å². The average Bonchev–Trinajstić information content (AvgIpc) is 3.54. The lowest BCUT2D eigenvalue weighted by Gasteiger charge is -2.39. The largest absolute Gasteiger partial charge is 0.450 e. The lowest BCUT2D eigenvalue weighted by molar-refractivity contribution is -0.133. The normalized spacial score (nSPS) is 18.1. The van der Waals surface area contributed by atoms with E-state index in [1.54, 1.807) is 24.3 Å². The van der Waals surface area contributed by atoms with Crippen LogP contribution in [-0.2, 0) is 20.7 Å². The van der Waals surface area contributed by atoms with Crippen LogP contribution in [0, 0.1) is 5.41 Å². The number of carbonyl (C=O) groups is 3. The summed E-state index contributed by atoms with van der Waals surface area (Å²) in [6, 6.07) is 11.0. The molecule has 186 valence electrons. The predicted molar refractivity (Wildman–Crippen MR) is 137 cm³/mol. The van der Waals surface area contributed by atoms with Crippen molar-refractivity contribution in [2.24, 2.45) is 5.41 Å². The molecule has 0 bridgehead atoms. The lowest BCUT2D eigenvalue weighted by atomic mass is 9.77. The molecule has 2 aromatic rings. The fraction of sp³-hybridized carbons (Fsp3) is 0.444. The van der Waals surface area contributed by atoms with Crippen molar-refractivity contribution in [3.63, 3.8) is 0 Å². The number of hydrogen-bond acceptors (Lipinski definition) is 5. The van der Waals surface area contributed by atoms with Crippen LogP contribution < -0.4 is 5.32 Å². The van der Waals surface area contributed by atoms with Crippen molar-refractivity contribution in [2.45, 2.75) is 38.6 Å². The topological polar surface area (TPSA) is 79.0 Å². The van der Waals surface area contributed by atoms with E-state index in [2.05, 4.69) is 5.32 Å². The summed E-state index contributed by atoms with van der Waals surface area (Å²) in [5.74, 6) is -0.0328. The zero-order chi connectivity index (χ0) is 24.7. The van der Waals surface area contributed by atoms with Gasteiger partial charge in [0.25, 0.3) is 0 Å². The van der Waals surface area contributed by atoms with Crippen LogP contribution in [0.15, 0.2) is 53.2 Å². The van der Waals surface area contributed by atoms with Crippen LogP contribution in [0.5, 0.6) is 0 Å². The molecule has 1 unspecified atom stereocenters. The predicted octanol–water partition coefficient (Wildman–Crippen LogP) is 3.96. The van der Waals surface area contributed by atoms with Gasteiger partial charge in [0.2, 0.25) is 11.8 Å². The monoisotopic (exact) mass is 495 g/mol. The standard InChI is InChI=1S/C27H33N3O4S/c1-2-34-26(33)28-23(18-21-6-4-3-5-7-21)25(32)30-16-13-27(20-30)11-14-29(15-12-27)24(31)9-8-22-10-17-35-19-22/h3-10,17,19,23H,2,11-16,18,20H2,1H3,(H,28,33). The maximum Gasteiger partial charge on any atom is 0.407 e. The van der Waals surface area contributed by atoms with Crippen molar-refractivity contribution in [2.75, 3.05) is 32.8 Å². The van der Waals surface area contributed by atoms with Gasteiger partial charge in [-0.2, -0.15) is 11.3 Å². The molecule has 3 amide bonds. The fourth-order valence-electron chi connectivity index (χ4n) is 4.96. The zero-order valence-corrected chi connectivity index (χ0v) is 21.0. The summed E-state index contributed by atoms with van der Waals surface area (Å²) in [7, 11) is 0. The van der Waals surface area contributed by atoms with E-state index < -0.39 is 12.1 Å². The SMILES string of the molecule is CCOC(=O)NC(Cc1ccccc1)C(=O)N1CCC2(CCN(C(=O)C=Cc3ccsc3)CC2)C1. The molecular weight excluding hydrogens is 462 g/mol. The number of piperidine rings is 1. The van der Waals surface area contributed by atoms with Gasteiger partial charge in [-0.1, -0.05) is 30.3 Å². The number of rotatable bonds is 7. The highest BCUT2D eigenvalue weighted by Crippen LogP contribution is 2.40. The summed E-state index contributed by atoms with van der Waals surface area (Å²) in [6.45, 7) is 4.72. The first-order chi connectivity index (χ1) is 17.0. The molecule has 7 nitrogen and oxygen atoms in total. The number of thiophene rings is 1. The highest BCUT2D eigenvalue weighted by atomic mass is 32.1. The van der Waals surface area contributed by atoms with Gasteiger partial charge in [0.05, 0.1) is 6.61 Å². The minimum Gasteiger partial charge on any atom is -0.450 e. The average molecular weight is 496 g/mol. The van der Waals surface area contributed by atoms with Gasteiger partial charge in [-0.05, 0) is 65.6 Å². The molecule has 8 heteroatoms. The minimum absolute atomic E-state index is 0.0325. The van der Waals surface area contributed by atoms with Crippen LogP contribution >= 0.6 is 11.3 Å². The summed E-state index contributed by atoms with van der Waals surface area (Å²) in [4.78, 5) is 42.0. The Morgan fingerprint density at radius 3 is 2.46 bits per heavy atom. The van der Waals surface area contributed by atoms with Crippen molar-refractivity contribution < 1.29 is 19.1 Å². The van der Waals surface area contributed by atoms with Gasteiger partial charge in [-0.3, -0.25) is 9.59 Å². The Morgan fingerprint density at radius 1 is 1.09 bits per heavy atom. The molecule has 1 N–H and O–H groups in total. The third-order valence-electron chi connectivity index (χ3n) is 7.00. The zero-order valence-electron chi connectivity index (χ0n) is 20.2. The highest BCUT2D eigenvalue weighted by Gasteiger charge is 2.43. The van der Waals surface area contributed by atoms with Gasteiger partial charge in [0, 0.05) is 38.7 Å². The first-order valence-corrected chi connectivity index (χ1v) is 13.2. The van der Waals surface area contributed by atoms with Crippen LogP contribution in [0.3, 0.4) is 0 Å². The number of nitrogens with one attached hydrogen (secondary N) is 1. The Kier molecular flexibility index (Phi) is 8.23. The molecule has 1 atom stereocenters. The molecule has 2 fully saturated rings. The van der Waals surface area contributed by atoms with E-state index in [0.717, 1.165) is 30.4 Å². The van der Waals surface area contributed by atoms with E-state index in [-0.39, 0.29) is 23.8 Å². The fourth-order valence-corrected chi connectivity index (χ4v) is 5.59. The molecule has 1 aromatic carbocycles. The maximum atomic E-state index is 13.5. The molecule has 0 radical (unpaired) electrons. The molecule has 2 saturated heterocycles. The van der Waals surface area contributed by atoms with Gasteiger partial charge in [0.1, 0.15) is 6.04 Å². The lowest BCUT2D eigenvalue weighted by Crippen LogP contribution is -2.50. The van der Waals surface area contributed by atoms with Gasteiger partial charge < -0.3 is 19.9 Å². The molecule has 35 heavy (non-hydrogen) atoms. The smallest absolute Gasteiger partial charge is 0.407 e. The molecule has 1 aromatic heterocycles. The number of benzene rings is 1. The molecule has 0 saturated carbocycles.